The van der Waals surface area contributed by atoms with E-state index in [1.54, 1.807) is 14.2 Å². The van der Waals surface area contributed by atoms with Crippen LogP contribution in [0, 0.1) is 11.3 Å². The zero-order valence-electron chi connectivity index (χ0n) is 8.76. The fraction of sp³-hybridized carbons (Fsp3) is 0.800. The van der Waals surface area contributed by atoms with Gasteiger partial charge in [0, 0.05) is 20.1 Å². The van der Waals surface area contributed by atoms with Gasteiger partial charge >= 0.3 is 0 Å². The van der Waals surface area contributed by atoms with E-state index in [-0.39, 0.29) is 11.7 Å². The molecular formula is C10H20O2. The van der Waals surface area contributed by atoms with Crippen LogP contribution in [0.2, 0.25) is 0 Å². The molecule has 2 heteroatoms. The zero-order valence-corrected chi connectivity index (χ0v) is 8.76. The second kappa shape index (κ2) is 4.63. The zero-order chi connectivity index (χ0) is 9.78. The highest BCUT2D eigenvalue weighted by molar-refractivity contribution is 4.92. The Morgan fingerprint density at radius 3 is 1.92 bits per heavy atom. The van der Waals surface area contributed by atoms with Gasteiger partial charge in [0.15, 0.2) is 6.29 Å². The maximum Gasteiger partial charge on any atom is 0.160 e. The molecule has 0 amide bonds. The van der Waals surface area contributed by atoms with Gasteiger partial charge in [-0.3, -0.25) is 0 Å². The fourth-order valence-corrected chi connectivity index (χ4v) is 1.04. The van der Waals surface area contributed by atoms with E-state index in [1.165, 1.54) is 0 Å². The first-order valence-corrected chi connectivity index (χ1v) is 4.18. The van der Waals surface area contributed by atoms with Gasteiger partial charge < -0.3 is 9.47 Å². The molecule has 0 aromatic rings. The van der Waals surface area contributed by atoms with Crippen LogP contribution in [-0.4, -0.2) is 20.5 Å². The number of hydrogen-bond acceptors (Lipinski definition) is 2. The topological polar surface area (TPSA) is 18.5 Å². The molecule has 0 aromatic carbocycles. The molecule has 0 aliphatic heterocycles. The van der Waals surface area contributed by atoms with Crippen LogP contribution in [0.25, 0.3) is 0 Å². The lowest BCUT2D eigenvalue weighted by Crippen LogP contribution is -2.33. The normalized spacial score (nSPS) is 14.8. The first-order chi connectivity index (χ1) is 5.49. The maximum atomic E-state index is 5.18. The quantitative estimate of drug-likeness (QED) is 0.468. The summed E-state index contributed by atoms with van der Waals surface area (Å²) < 4.78 is 10.4. The molecule has 0 spiro atoms. The average Bonchev–Trinajstić information content (AvgIpc) is 2.06. The largest absolute Gasteiger partial charge is 0.356 e. The highest BCUT2D eigenvalue weighted by atomic mass is 16.7. The number of ether oxygens (including phenoxy) is 2. The van der Waals surface area contributed by atoms with E-state index in [1.807, 2.05) is 6.08 Å². The Bertz CT molecular complexity index is 137. The van der Waals surface area contributed by atoms with E-state index in [4.69, 9.17) is 9.47 Å². The SMILES string of the molecule is C=CC(C)(C)C(C)C(OC)OC. The monoisotopic (exact) mass is 172 g/mol. The first-order valence-electron chi connectivity index (χ1n) is 4.18. The Morgan fingerprint density at radius 2 is 1.67 bits per heavy atom. The summed E-state index contributed by atoms with van der Waals surface area (Å²) >= 11 is 0. The van der Waals surface area contributed by atoms with Gasteiger partial charge in [0.2, 0.25) is 0 Å². The van der Waals surface area contributed by atoms with Gasteiger partial charge in [0.1, 0.15) is 0 Å². The molecule has 0 bridgehead atoms. The van der Waals surface area contributed by atoms with Gasteiger partial charge in [-0.15, -0.1) is 6.58 Å². The molecule has 1 atom stereocenters. The summed E-state index contributed by atoms with van der Waals surface area (Å²) in [6, 6.07) is 0. The molecule has 72 valence electrons. The van der Waals surface area contributed by atoms with Gasteiger partial charge in [0.25, 0.3) is 0 Å². The van der Waals surface area contributed by atoms with Crippen molar-refractivity contribution in [3.8, 4) is 0 Å². The van der Waals surface area contributed by atoms with Crippen molar-refractivity contribution in [2.45, 2.75) is 27.1 Å². The summed E-state index contributed by atoms with van der Waals surface area (Å²) in [5, 5.41) is 0. The Morgan fingerprint density at radius 1 is 1.25 bits per heavy atom. The predicted octanol–water partition coefficient (Wildman–Crippen LogP) is 2.45. The van der Waals surface area contributed by atoms with Crippen LogP contribution >= 0.6 is 0 Å². The summed E-state index contributed by atoms with van der Waals surface area (Å²) in [6.45, 7) is 10.1. The Labute approximate surface area is 75.6 Å². The Kier molecular flexibility index (Phi) is 4.50. The lowest BCUT2D eigenvalue weighted by Gasteiger charge is -2.33. The van der Waals surface area contributed by atoms with Crippen molar-refractivity contribution in [1.82, 2.24) is 0 Å². The summed E-state index contributed by atoms with van der Waals surface area (Å²) in [5.74, 6) is 0.296. The Balaban J connectivity index is 4.33. The summed E-state index contributed by atoms with van der Waals surface area (Å²) in [7, 11) is 3.31. The lowest BCUT2D eigenvalue weighted by atomic mass is 9.80. The van der Waals surface area contributed by atoms with Crippen molar-refractivity contribution in [2.24, 2.45) is 11.3 Å². The molecule has 0 aromatic heterocycles. The predicted molar refractivity (Wildman–Crippen MR) is 50.9 cm³/mol. The first kappa shape index (κ1) is 11.7. The molecule has 0 fully saturated rings. The van der Waals surface area contributed by atoms with Crippen molar-refractivity contribution in [3.63, 3.8) is 0 Å². The van der Waals surface area contributed by atoms with Crippen molar-refractivity contribution in [1.29, 1.82) is 0 Å². The van der Waals surface area contributed by atoms with Gasteiger partial charge in [-0.05, 0) is 5.41 Å². The maximum absolute atomic E-state index is 5.18. The average molecular weight is 172 g/mol. The third-order valence-corrected chi connectivity index (χ3v) is 2.57. The smallest absolute Gasteiger partial charge is 0.160 e. The molecular weight excluding hydrogens is 152 g/mol. The minimum atomic E-state index is -0.155. The highest BCUT2D eigenvalue weighted by Gasteiger charge is 2.29. The number of rotatable bonds is 5. The third kappa shape index (κ3) is 2.61. The van der Waals surface area contributed by atoms with Crippen LogP contribution in [0.5, 0.6) is 0 Å². The standard InChI is InChI=1S/C10H20O2/c1-7-10(3,4)8(2)9(11-5)12-6/h7-9H,1H2,2-6H3. The van der Waals surface area contributed by atoms with E-state index in [9.17, 15) is 0 Å². The van der Waals surface area contributed by atoms with E-state index in [0.717, 1.165) is 0 Å². The number of hydrogen-bond donors (Lipinski definition) is 0. The van der Waals surface area contributed by atoms with Crippen LogP contribution in [0.4, 0.5) is 0 Å². The van der Waals surface area contributed by atoms with E-state index >= 15 is 0 Å². The number of methoxy groups -OCH3 is 2. The van der Waals surface area contributed by atoms with Gasteiger partial charge in [-0.2, -0.15) is 0 Å². The van der Waals surface area contributed by atoms with E-state index in [0.29, 0.717) is 5.92 Å². The molecule has 0 heterocycles. The molecule has 0 aliphatic carbocycles. The van der Waals surface area contributed by atoms with Crippen molar-refractivity contribution >= 4 is 0 Å². The highest BCUT2D eigenvalue weighted by Crippen LogP contribution is 2.31. The van der Waals surface area contributed by atoms with Crippen molar-refractivity contribution in [3.05, 3.63) is 12.7 Å². The molecule has 12 heavy (non-hydrogen) atoms. The van der Waals surface area contributed by atoms with Gasteiger partial charge in [-0.25, -0.2) is 0 Å². The van der Waals surface area contributed by atoms with Gasteiger partial charge in [-0.1, -0.05) is 26.8 Å². The minimum Gasteiger partial charge on any atom is -0.356 e. The van der Waals surface area contributed by atoms with Crippen molar-refractivity contribution < 1.29 is 9.47 Å². The molecule has 0 saturated carbocycles. The summed E-state index contributed by atoms with van der Waals surface area (Å²) in [5.41, 5.74) is 0.0384. The summed E-state index contributed by atoms with van der Waals surface area (Å²) in [4.78, 5) is 0. The van der Waals surface area contributed by atoms with Gasteiger partial charge in [0.05, 0.1) is 0 Å². The molecule has 0 aliphatic rings. The minimum absolute atomic E-state index is 0.0384. The Hall–Kier alpha value is -0.340. The fourth-order valence-electron chi connectivity index (χ4n) is 1.04. The van der Waals surface area contributed by atoms with Crippen LogP contribution in [0.1, 0.15) is 20.8 Å². The summed E-state index contributed by atoms with van der Waals surface area (Å²) in [6.07, 6.45) is 1.78. The molecule has 2 nitrogen and oxygen atoms in total. The second-order valence-corrected chi connectivity index (χ2v) is 3.65. The van der Waals surface area contributed by atoms with Crippen LogP contribution < -0.4 is 0 Å². The lowest BCUT2D eigenvalue weighted by molar-refractivity contribution is -0.150. The van der Waals surface area contributed by atoms with E-state index in [2.05, 4.69) is 27.4 Å². The van der Waals surface area contributed by atoms with E-state index < -0.39 is 0 Å². The second-order valence-electron chi connectivity index (χ2n) is 3.65. The molecule has 1 unspecified atom stereocenters. The van der Waals surface area contributed by atoms with Crippen LogP contribution in [-0.2, 0) is 9.47 Å². The van der Waals surface area contributed by atoms with Crippen LogP contribution in [0.15, 0.2) is 12.7 Å². The molecule has 0 N–H and O–H groups in total. The molecule has 0 rings (SSSR count). The molecule has 0 radical (unpaired) electrons. The third-order valence-electron chi connectivity index (χ3n) is 2.57. The molecule has 0 saturated heterocycles. The number of allylic oxidation sites excluding steroid dienone is 1. The van der Waals surface area contributed by atoms with Crippen molar-refractivity contribution in [2.75, 3.05) is 14.2 Å². The van der Waals surface area contributed by atoms with Crippen LogP contribution in [0.3, 0.4) is 0 Å².